The number of ether oxygens (including phenoxy) is 2. The van der Waals surface area contributed by atoms with Gasteiger partial charge in [-0.1, -0.05) is 58.6 Å². The Morgan fingerprint density at radius 2 is 2.04 bits per heavy atom. The van der Waals surface area contributed by atoms with Crippen LogP contribution in [0.1, 0.15) is 86.5 Å². The average molecular weight is 365 g/mol. The van der Waals surface area contributed by atoms with Crippen molar-refractivity contribution in [1.29, 1.82) is 0 Å². The second kappa shape index (κ2) is 9.92. The van der Waals surface area contributed by atoms with Crippen LogP contribution in [0.2, 0.25) is 0 Å². The number of carbonyl (C=O) groups is 1. The van der Waals surface area contributed by atoms with E-state index < -0.39 is 0 Å². The first-order valence-corrected chi connectivity index (χ1v) is 10.8. The topological polar surface area (TPSA) is 35.5 Å². The summed E-state index contributed by atoms with van der Waals surface area (Å²) < 4.78 is 12.3. The summed E-state index contributed by atoms with van der Waals surface area (Å²) in [6, 6.07) is 0. The van der Waals surface area contributed by atoms with E-state index in [0.717, 1.165) is 32.1 Å². The van der Waals surface area contributed by atoms with E-state index in [4.69, 9.17) is 9.47 Å². The number of hydrogen-bond acceptors (Lipinski definition) is 3. The molecule has 3 heteroatoms. The van der Waals surface area contributed by atoms with Crippen molar-refractivity contribution in [3.05, 3.63) is 11.6 Å². The summed E-state index contributed by atoms with van der Waals surface area (Å²) in [7, 11) is 0. The van der Waals surface area contributed by atoms with Crippen LogP contribution in [-0.4, -0.2) is 18.4 Å². The van der Waals surface area contributed by atoms with Crippen LogP contribution in [0, 0.1) is 29.6 Å². The first-order chi connectivity index (χ1) is 12.3. The van der Waals surface area contributed by atoms with Gasteiger partial charge in [0.2, 0.25) is 6.29 Å². The smallest absolute Gasteiger partial charge is 0.312 e. The molecule has 0 amide bonds. The lowest BCUT2D eigenvalue weighted by Gasteiger charge is -2.39. The van der Waals surface area contributed by atoms with Gasteiger partial charge in [-0.3, -0.25) is 4.79 Å². The molecule has 0 bridgehead atoms. The van der Waals surface area contributed by atoms with Crippen LogP contribution in [-0.2, 0) is 14.3 Å². The van der Waals surface area contributed by atoms with Gasteiger partial charge in [0.05, 0.1) is 12.0 Å². The van der Waals surface area contributed by atoms with Gasteiger partial charge < -0.3 is 9.47 Å². The predicted octanol–water partition coefficient (Wildman–Crippen LogP) is 6.13. The summed E-state index contributed by atoms with van der Waals surface area (Å²) in [6.45, 7) is 13.3. The maximum Gasteiger partial charge on any atom is 0.312 e. The van der Waals surface area contributed by atoms with E-state index in [1.165, 1.54) is 18.4 Å². The average Bonchev–Trinajstić information content (AvgIpc) is 2.85. The highest BCUT2D eigenvalue weighted by Crippen LogP contribution is 2.41. The molecule has 0 N–H and O–H groups in total. The van der Waals surface area contributed by atoms with Gasteiger partial charge in [-0.05, 0) is 57.3 Å². The van der Waals surface area contributed by atoms with Gasteiger partial charge in [0.1, 0.15) is 0 Å². The Balaban J connectivity index is 2.11. The van der Waals surface area contributed by atoms with Crippen LogP contribution < -0.4 is 0 Å². The van der Waals surface area contributed by atoms with Crippen molar-refractivity contribution in [1.82, 2.24) is 0 Å². The zero-order valence-corrected chi connectivity index (χ0v) is 17.8. The Kier molecular flexibility index (Phi) is 8.19. The monoisotopic (exact) mass is 364 g/mol. The molecule has 3 nitrogen and oxygen atoms in total. The summed E-state index contributed by atoms with van der Waals surface area (Å²) in [4.78, 5) is 12.6. The molecule has 2 fully saturated rings. The van der Waals surface area contributed by atoms with Gasteiger partial charge in [0.25, 0.3) is 0 Å². The number of hydrogen-bond donors (Lipinski definition) is 0. The van der Waals surface area contributed by atoms with Gasteiger partial charge in [0, 0.05) is 5.92 Å². The van der Waals surface area contributed by atoms with Crippen LogP contribution in [0.4, 0.5) is 0 Å². The van der Waals surface area contributed by atoms with E-state index in [2.05, 4.69) is 47.6 Å². The molecule has 1 aliphatic carbocycles. The van der Waals surface area contributed by atoms with Crippen molar-refractivity contribution in [2.45, 2.75) is 98.9 Å². The van der Waals surface area contributed by atoms with E-state index in [1.807, 2.05) is 0 Å². The molecule has 2 rings (SSSR count). The minimum absolute atomic E-state index is 0.0417. The fourth-order valence-electron chi connectivity index (χ4n) is 4.64. The standard InChI is InChI=1S/C23H40O3/c1-7-8-9-20-19(12-10-15(2)3)22(24)26-23(20)25-21-14-17(6)11-13-18(21)16(4)5/h10,16-21,23H,7-9,11-14H2,1-6H3/t17-,18+,19-,20-,21-,23-/m1/s1. The number of allylic oxidation sites excluding steroid dienone is 2. The highest BCUT2D eigenvalue weighted by molar-refractivity contribution is 5.75. The van der Waals surface area contributed by atoms with Crippen molar-refractivity contribution in [2.75, 3.05) is 0 Å². The van der Waals surface area contributed by atoms with Crippen molar-refractivity contribution in [2.24, 2.45) is 29.6 Å². The Morgan fingerprint density at radius 3 is 2.65 bits per heavy atom. The molecule has 0 radical (unpaired) electrons. The summed E-state index contributed by atoms with van der Waals surface area (Å²) in [5, 5.41) is 0. The lowest BCUT2D eigenvalue weighted by molar-refractivity contribution is -0.196. The van der Waals surface area contributed by atoms with E-state index in [-0.39, 0.29) is 30.2 Å². The fraction of sp³-hybridized carbons (Fsp3) is 0.870. The Morgan fingerprint density at radius 1 is 1.31 bits per heavy atom. The molecule has 1 heterocycles. The van der Waals surface area contributed by atoms with Gasteiger partial charge >= 0.3 is 5.97 Å². The third-order valence-electron chi connectivity index (χ3n) is 6.34. The zero-order chi connectivity index (χ0) is 19.3. The first-order valence-electron chi connectivity index (χ1n) is 10.8. The van der Waals surface area contributed by atoms with Crippen molar-refractivity contribution >= 4 is 5.97 Å². The number of esters is 1. The van der Waals surface area contributed by atoms with Crippen molar-refractivity contribution in [3.63, 3.8) is 0 Å². The fourth-order valence-corrected chi connectivity index (χ4v) is 4.64. The van der Waals surface area contributed by atoms with Gasteiger partial charge in [-0.25, -0.2) is 0 Å². The molecule has 1 aliphatic heterocycles. The minimum atomic E-state index is -0.346. The lowest BCUT2D eigenvalue weighted by Crippen LogP contribution is -2.39. The van der Waals surface area contributed by atoms with E-state index in [0.29, 0.717) is 17.8 Å². The SMILES string of the molecule is CCCC[C@H]1[C@H](O[C@@H]2C[C@H](C)CC[C@H]2C(C)C)OC(=O)[C@@H]1CC=C(C)C. The largest absolute Gasteiger partial charge is 0.435 e. The molecule has 0 aromatic heterocycles. The second-order valence-electron chi connectivity index (χ2n) is 9.24. The summed E-state index contributed by atoms with van der Waals surface area (Å²) in [5.74, 6) is 1.98. The van der Waals surface area contributed by atoms with Gasteiger partial charge in [-0.15, -0.1) is 0 Å². The molecule has 1 saturated heterocycles. The zero-order valence-electron chi connectivity index (χ0n) is 17.8. The van der Waals surface area contributed by atoms with Crippen LogP contribution in [0.25, 0.3) is 0 Å². The maximum absolute atomic E-state index is 12.6. The summed E-state index contributed by atoms with van der Waals surface area (Å²) in [6.07, 6.45) is 9.73. The lowest BCUT2D eigenvalue weighted by atomic mass is 9.75. The molecule has 0 aromatic carbocycles. The molecular formula is C23H40O3. The summed E-state index contributed by atoms with van der Waals surface area (Å²) in [5.41, 5.74) is 1.26. The predicted molar refractivity (Wildman–Crippen MR) is 107 cm³/mol. The van der Waals surface area contributed by atoms with E-state index in [1.54, 1.807) is 0 Å². The molecule has 1 saturated carbocycles. The molecule has 2 aliphatic rings. The van der Waals surface area contributed by atoms with E-state index >= 15 is 0 Å². The summed E-state index contributed by atoms with van der Waals surface area (Å²) >= 11 is 0. The minimum Gasteiger partial charge on any atom is -0.435 e. The Bertz CT molecular complexity index is 478. The molecule has 0 spiro atoms. The molecule has 26 heavy (non-hydrogen) atoms. The number of carbonyl (C=O) groups excluding carboxylic acids is 1. The van der Waals surface area contributed by atoms with Crippen molar-refractivity contribution in [3.8, 4) is 0 Å². The van der Waals surface area contributed by atoms with Gasteiger partial charge in [0.15, 0.2) is 0 Å². The molecule has 6 atom stereocenters. The molecule has 0 unspecified atom stereocenters. The Hall–Kier alpha value is -0.830. The molecule has 0 aromatic rings. The molecular weight excluding hydrogens is 324 g/mol. The molecule has 150 valence electrons. The Labute approximate surface area is 160 Å². The van der Waals surface area contributed by atoms with Crippen LogP contribution in [0.3, 0.4) is 0 Å². The number of rotatable bonds is 8. The second-order valence-corrected chi connectivity index (χ2v) is 9.24. The van der Waals surface area contributed by atoms with Crippen LogP contribution >= 0.6 is 0 Å². The first kappa shape index (κ1) is 21.5. The van der Waals surface area contributed by atoms with Crippen molar-refractivity contribution < 1.29 is 14.3 Å². The van der Waals surface area contributed by atoms with Crippen LogP contribution in [0.15, 0.2) is 11.6 Å². The third kappa shape index (κ3) is 5.58. The van der Waals surface area contributed by atoms with Gasteiger partial charge in [-0.2, -0.15) is 0 Å². The maximum atomic E-state index is 12.6. The quantitative estimate of drug-likeness (QED) is 0.384. The highest BCUT2D eigenvalue weighted by atomic mass is 16.7. The third-order valence-corrected chi connectivity index (χ3v) is 6.34. The number of unbranched alkanes of at least 4 members (excludes halogenated alkanes) is 1. The highest BCUT2D eigenvalue weighted by Gasteiger charge is 2.46. The van der Waals surface area contributed by atoms with Crippen LogP contribution in [0.5, 0.6) is 0 Å². The van der Waals surface area contributed by atoms with E-state index in [9.17, 15) is 4.79 Å². The number of cyclic esters (lactones) is 1. The normalized spacial score (nSPS) is 34.8.